The summed E-state index contributed by atoms with van der Waals surface area (Å²) in [6.07, 6.45) is 1.42. The number of nitrogens with two attached hydrogens (primary N) is 1. The van der Waals surface area contributed by atoms with Crippen molar-refractivity contribution >= 4 is 0 Å². The summed E-state index contributed by atoms with van der Waals surface area (Å²) in [5, 5.41) is 13.2. The van der Waals surface area contributed by atoms with Crippen LogP contribution in [0.1, 0.15) is 30.2 Å². The van der Waals surface area contributed by atoms with Crippen molar-refractivity contribution in [2.24, 2.45) is 5.73 Å². The lowest BCUT2D eigenvalue weighted by Crippen LogP contribution is -2.23. The van der Waals surface area contributed by atoms with Gasteiger partial charge in [-0.25, -0.2) is 4.98 Å². The topological polar surface area (TPSA) is 107 Å². The quantitative estimate of drug-likeness (QED) is 0.806. The smallest absolute Gasteiger partial charge is 0.246 e. The van der Waals surface area contributed by atoms with Gasteiger partial charge >= 0.3 is 0 Å². The second kappa shape index (κ2) is 5.77. The van der Waals surface area contributed by atoms with Gasteiger partial charge in [0, 0.05) is 18.7 Å². The molecule has 0 bridgehead atoms. The average molecular weight is 264 g/mol. The monoisotopic (exact) mass is 264 g/mol. The molecule has 0 amide bonds. The molecule has 19 heavy (non-hydrogen) atoms. The molecule has 3 N–H and O–H groups in total. The molecule has 0 aliphatic heterocycles. The van der Waals surface area contributed by atoms with Gasteiger partial charge in [-0.3, -0.25) is 0 Å². The molecule has 2 rings (SSSR count). The zero-order valence-electron chi connectivity index (χ0n) is 10.8. The minimum absolute atomic E-state index is 0.228. The fourth-order valence-corrected chi connectivity index (χ4v) is 1.50. The summed E-state index contributed by atoms with van der Waals surface area (Å²) in [5.41, 5.74) is 6.64. The summed E-state index contributed by atoms with van der Waals surface area (Å²) in [7, 11) is 1.56. The molecule has 0 aliphatic carbocycles. The molecule has 2 heterocycles. The van der Waals surface area contributed by atoms with Crippen molar-refractivity contribution in [3.8, 4) is 5.88 Å². The van der Waals surface area contributed by atoms with Gasteiger partial charge in [0.15, 0.2) is 5.82 Å². The van der Waals surface area contributed by atoms with E-state index in [1.807, 2.05) is 6.07 Å². The lowest BCUT2D eigenvalue weighted by molar-refractivity contribution is 0.146. The minimum atomic E-state index is -0.740. The van der Waals surface area contributed by atoms with Crippen LogP contribution in [-0.4, -0.2) is 33.4 Å². The van der Waals surface area contributed by atoms with Crippen LogP contribution in [0.4, 0.5) is 0 Å². The molecule has 7 nitrogen and oxygen atoms in total. The first kappa shape index (κ1) is 13.4. The third-order valence-corrected chi connectivity index (χ3v) is 2.66. The van der Waals surface area contributed by atoms with Crippen molar-refractivity contribution in [2.75, 3.05) is 7.11 Å². The molecule has 0 spiro atoms. The van der Waals surface area contributed by atoms with Gasteiger partial charge in [-0.05, 0) is 12.5 Å². The molecule has 0 radical (unpaired) electrons. The first-order valence-electron chi connectivity index (χ1n) is 5.85. The van der Waals surface area contributed by atoms with Gasteiger partial charge in [0.25, 0.3) is 0 Å². The van der Waals surface area contributed by atoms with E-state index in [0.29, 0.717) is 18.1 Å². The van der Waals surface area contributed by atoms with Crippen molar-refractivity contribution in [1.29, 1.82) is 0 Å². The van der Waals surface area contributed by atoms with Gasteiger partial charge in [-0.2, -0.15) is 4.98 Å². The van der Waals surface area contributed by atoms with E-state index in [1.54, 1.807) is 26.3 Å². The summed E-state index contributed by atoms with van der Waals surface area (Å²) >= 11 is 0. The highest BCUT2D eigenvalue weighted by atomic mass is 16.5. The molecular weight excluding hydrogens is 248 g/mol. The summed E-state index contributed by atoms with van der Waals surface area (Å²) in [5.74, 6) is 1.28. The molecule has 102 valence electrons. The van der Waals surface area contributed by atoms with Crippen LogP contribution in [0, 0.1) is 0 Å². The fraction of sp³-hybridized carbons (Fsp3) is 0.417. The predicted octanol–water partition coefficient (Wildman–Crippen LogP) is 0.445. The molecule has 0 saturated carbocycles. The number of aliphatic hydroxyl groups is 1. The molecule has 0 aliphatic rings. The lowest BCUT2D eigenvalue weighted by atomic mass is 10.2. The van der Waals surface area contributed by atoms with Crippen molar-refractivity contribution < 1.29 is 14.4 Å². The Morgan fingerprint density at radius 3 is 2.84 bits per heavy atom. The van der Waals surface area contributed by atoms with Crippen LogP contribution in [0.2, 0.25) is 0 Å². The zero-order valence-corrected chi connectivity index (χ0v) is 10.8. The second-order valence-electron chi connectivity index (χ2n) is 4.20. The Labute approximate surface area is 110 Å². The Kier molecular flexibility index (Phi) is 4.08. The highest BCUT2D eigenvalue weighted by molar-refractivity contribution is 5.20. The number of aliphatic hydroxyl groups excluding tert-OH is 1. The zero-order chi connectivity index (χ0) is 13.8. The van der Waals surface area contributed by atoms with Gasteiger partial charge in [0.1, 0.15) is 6.04 Å². The van der Waals surface area contributed by atoms with Crippen LogP contribution >= 0.6 is 0 Å². The molecule has 0 unspecified atom stereocenters. The van der Waals surface area contributed by atoms with Crippen molar-refractivity contribution in [2.45, 2.75) is 25.5 Å². The van der Waals surface area contributed by atoms with Crippen LogP contribution in [-0.2, 0) is 6.42 Å². The molecular formula is C12H16N4O3. The van der Waals surface area contributed by atoms with Gasteiger partial charge < -0.3 is 20.1 Å². The Morgan fingerprint density at radius 1 is 1.47 bits per heavy atom. The molecule has 2 aromatic rings. The number of rotatable bonds is 5. The lowest BCUT2D eigenvalue weighted by Gasteiger charge is -2.08. The Balaban J connectivity index is 2.06. The van der Waals surface area contributed by atoms with E-state index in [-0.39, 0.29) is 5.89 Å². The van der Waals surface area contributed by atoms with E-state index in [9.17, 15) is 5.11 Å². The highest BCUT2D eigenvalue weighted by Gasteiger charge is 2.19. The molecule has 2 aromatic heterocycles. The van der Waals surface area contributed by atoms with Gasteiger partial charge in [-0.1, -0.05) is 11.2 Å². The van der Waals surface area contributed by atoms with Crippen LogP contribution in [0.15, 0.2) is 22.9 Å². The van der Waals surface area contributed by atoms with Crippen LogP contribution in [0.3, 0.4) is 0 Å². The number of nitrogens with zero attached hydrogens (tertiary/aromatic N) is 3. The van der Waals surface area contributed by atoms with Crippen LogP contribution in [0.5, 0.6) is 5.88 Å². The third-order valence-electron chi connectivity index (χ3n) is 2.66. The van der Waals surface area contributed by atoms with Gasteiger partial charge in [0.2, 0.25) is 11.8 Å². The Hall–Kier alpha value is -1.99. The number of aromatic nitrogens is 3. The summed E-state index contributed by atoms with van der Waals surface area (Å²) in [6.45, 7) is 1.57. The number of pyridine rings is 1. The molecule has 7 heteroatoms. The second-order valence-corrected chi connectivity index (χ2v) is 4.20. The van der Waals surface area contributed by atoms with Crippen LogP contribution in [0.25, 0.3) is 0 Å². The predicted molar refractivity (Wildman–Crippen MR) is 66.5 cm³/mol. The SMILES string of the molecule is COc1ccc(Cc2noc([C@@H](N)[C@@H](C)O)n2)cn1. The largest absolute Gasteiger partial charge is 0.481 e. The van der Waals surface area contributed by atoms with Crippen molar-refractivity contribution in [1.82, 2.24) is 15.1 Å². The summed E-state index contributed by atoms with van der Waals surface area (Å²) in [6, 6.07) is 2.96. The van der Waals surface area contributed by atoms with Gasteiger partial charge in [0.05, 0.1) is 13.2 Å². The maximum atomic E-state index is 9.35. The third kappa shape index (κ3) is 3.27. The molecule has 0 saturated heterocycles. The molecule has 0 fully saturated rings. The first-order valence-corrected chi connectivity index (χ1v) is 5.85. The average Bonchev–Trinajstić information content (AvgIpc) is 2.87. The standard InChI is InChI=1S/C12H16N4O3/c1-7(17)11(13)12-15-9(16-19-12)5-8-3-4-10(18-2)14-6-8/h3-4,6-7,11,17H,5,13H2,1-2H3/t7-,11+/m1/s1. The maximum Gasteiger partial charge on any atom is 0.246 e. The minimum Gasteiger partial charge on any atom is -0.481 e. The number of hydrogen-bond acceptors (Lipinski definition) is 7. The maximum absolute atomic E-state index is 9.35. The fourth-order valence-electron chi connectivity index (χ4n) is 1.50. The van der Waals surface area contributed by atoms with Crippen LogP contribution < -0.4 is 10.5 Å². The summed E-state index contributed by atoms with van der Waals surface area (Å²) in [4.78, 5) is 8.24. The Bertz CT molecular complexity index is 524. The molecule has 0 aromatic carbocycles. The highest BCUT2D eigenvalue weighted by Crippen LogP contribution is 2.14. The number of hydrogen-bond donors (Lipinski definition) is 2. The van der Waals surface area contributed by atoms with E-state index in [2.05, 4.69) is 15.1 Å². The van der Waals surface area contributed by atoms with Crippen molar-refractivity contribution in [3.63, 3.8) is 0 Å². The van der Waals surface area contributed by atoms with E-state index in [0.717, 1.165) is 5.56 Å². The molecule has 2 atom stereocenters. The van der Waals surface area contributed by atoms with E-state index >= 15 is 0 Å². The number of ether oxygens (including phenoxy) is 1. The normalized spacial score (nSPS) is 14.1. The van der Waals surface area contributed by atoms with E-state index < -0.39 is 12.1 Å². The van der Waals surface area contributed by atoms with Crippen molar-refractivity contribution in [3.05, 3.63) is 35.6 Å². The van der Waals surface area contributed by atoms with E-state index in [4.69, 9.17) is 15.0 Å². The van der Waals surface area contributed by atoms with E-state index in [1.165, 1.54) is 0 Å². The van der Waals surface area contributed by atoms with Gasteiger partial charge in [-0.15, -0.1) is 0 Å². The first-order chi connectivity index (χ1) is 9.10. The number of methoxy groups -OCH3 is 1. The Morgan fingerprint density at radius 2 is 2.26 bits per heavy atom. The summed E-state index contributed by atoms with van der Waals surface area (Å²) < 4.78 is 9.99.